The average molecular weight is 510 g/mol. The van der Waals surface area contributed by atoms with Gasteiger partial charge in [-0.3, -0.25) is 9.78 Å². The summed E-state index contributed by atoms with van der Waals surface area (Å²) in [6.07, 6.45) is -4.20. The largest absolute Gasteiger partial charge is 0.508 e. The molecule has 7 nitrogen and oxygen atoms in total. The van der Waals surface area contributed by atoms with Gasteiger partial charge in [-0.2, -0.15) is 18.3 Å². The highest BCUT2D eigenvalue weighted by molar-refractivity contribution is 7.13. The van der Waals surface area contributed by atoms with Crippen LogP contribution >= 0.6 is 11.3 Å². The van der Waals surface area contributed by atoms with Gasteiger partial charge in [0, 0.05) is 12.0 Å². The highest BCUT2D eigenvalue weighted by atomic mass is 32.1. The van der Waals surface area contributed by atoms with Gasteiger partial charge >= 0.3 is 11.0 Å². The molecule has 0 radical (unpaired) electrons. The van der Waals surface area contributed by atoms with E-state index >= 15 is 0 Å². The van der Waals surface area contributed by atoms with Crippen LogP contribution in [-0.2, 0) is 6.18 Å². The van der Waals surface area contributed by atoms with Crippen molar-refractivity contribution in [3.05, 3.63) is 105 Å². The van der Waals surface area contributed by atoms with Gasteiger partial charge < -0.3 is 5.11 Å². The van der Waals surface area contributed by atoms with Crippen LogP contribution in [0, 0.1) is 0 Å². The van der Waals surface area contributed by atoms with E-state index in [-0.39, 0.29) is 22.3 Å². The lowest BCUT2D eigenvalue weighted by atomic mass is 9.98. The lowest BCUT2D eigenvalue weighted by Gasteiger charge is -2.23. The molecule has 0 saturated heterocycles. The summed E-state index contributed by atoms with van der Waals surface area (Å²) in [4.78, 5) is 14.5. The number of H-pyrrole nitrogens is 1. The number of nitrogens with zero attached hydrogens (tertiary/aromatic N) is 4. The first kappa shape index (κ1) is 23.5. The second-order valence-corrected chi connectivity index (χ2v) is 8.88. The Morgan fingerprint density at radius 3 is 2.42 bits per heavy atom. The third-order valence-corrected chi connectivity index (χ3v) is 6.37. The zero-order valence-electron chi connectivity index (χ0n) is 18.5. The number of aromatic hydroxyl groups is 1. The Kier molecular flexibility index (Phi) is 6.15. The highest BCUT2D eigenvalue weighted by Gasteiger charge is 2.35. The summed E-state index contributed by atoms with van der Waals surface area (Å²) < 4.78 is 40.1. The van der Waals surface area contributed by atoms with E-state index in [0.29, 0.717) is 29.0 Å². The van der Waals surface area contributed by atoms with E-state index in [1.165, 1.54) is 23.2 Å². The molecule has 2 heterocycles. The van der Waals surface area contributed by atoms with Crippen LogP contribution in [0.3, 0.4) is 0 Å². The van der Waals surface area contributed by atoms with Gasteiger partial charge in [-0.05, 0) is 23.8 Å². The number of aromatic amines is 1. The fourth-order valence-corrected chi connectivity index (χ4v) is 4.61. The van der Waals surface area contributed by atoms with Crippen LogP contribution in [0.15, 0.2) is 99.0 Å². The quantitative estimate of drug-likeness (QED) is 0.286. The molecule has 0 saturated carbocycles. The summed E-state index contributed by atoms with van der Waals surface area (Å²) >= 11 is 0.706. The third kappa shape index (κ3) is 4.65. The van der Waals surface area contributed by atoms with Gasteiger partial charge in [0.1, 0.15) is 5.75 Å². The fraction of sp³-hybridized carbons (Fsp3) is 0.120. The van der Waals surface area contributed by atoms with Crippen molar-refractivity contribution < 1.29 is 18.3 Å². The van der Waals surface area contributed by atoms with Crippen LogP contribution in [0.25, 0.3) is 0 Å². The van der Waals surface area contributed by atoms with E-state index in [0.717, 1.165) is 11.6 Å². The molecule has 3 aromatic carbocycles. The summed E-state index contributed by atoms with van der Waals surface area (Å²) in [7, 11) is 0. The summed E-state index contributed by atoms with van der Waals surface area (Å²) in [5.41, 5.74) is 0.839. The van der Waals surface area contributed by atoms with E-state index in [1.54, 1.807) is 24.3 Å². The molecule has 0 fully saturated rings. The Balaban J connectivity index is 1.59. The van der Waals surface area contributed by atoms with Crippen molar-refractivity contribution in [3.63, 3.8) is 0 Å². The van der Waals surface area contributed by atoms with Crippen LogP contribution in [-0.4, -0.2) is 15.8 Å². The molecular weight excluding hydrogens is 491 g/mol. The van der Waals surface area contributed by atoms with E-state index in [9.17, 15) is 23.1 Å². The van der Waals surface area contributed by atoms with E-state index in [2.05, 4.69) is 15.2 Å². The van der Waals surface area contributed by atoms with Crippen molar-refractivity contribution in [2.75, 3.05) is 5.01 Å². The molecule has 0 spiro atoms. The zero-order chi connectivity index (χ0) is 25.3. The molecule has 5 rings (SSSR count). The Hall–Kier alpha value is -4.25. The van der Waals surface area contributed by atoms with Crippen LogP contribution in [0.2, 0.25) is 0 Å². The number of phenols is 1. The standard InChI is InChI=1S/C25H18F3N5O2S/c26-25(27,28)17-11-5-6-12-18(17)30-31-23-22(29-24(35)36-23)33-20(16-10-4-7-13-21(16)34)14-19(32-33)15-8-2-1-3-9-15/h1-13,20,34H,14H2,(H,29,35)/t20-/m1/s1. The minimum atomic E-state index is -4.61. The van der Waals surface area contributed by atoms with Crippen LogP contribution in [0.1, 0.15) is 29.2 Å². The molecule has 1 aliphatic heterocycles. The molecule has 182 valence electrons. The number of halogens is 3. The van der Waals surface area contributed by atoms with Crippen LogP contribution in [0.5, 0.6) is 5.75 Å². The van der Waals surface area contributed by atoms with E-state index in [4.69, 9.17) is 5.10 Å². The minimum Gasteiger partial charge on any atom is -0.508 e. The van der Waals surface area contributed by atoms with Gasteiger partial charge in [-0.15, -0.1) is 10.2 Å². The number of rotatable bonds is 5. The molecule has 0 aliphatic carbocycles. The number of hydrazone groups is 1. The van der Waals surface area contributed by atoms with Crippen molar-refractivity contribution in [3.8, 4) is 5.75 Å². The summed E-state index contributed by atoms with van der Waals surface area (Å²) in [6.45, 7) is 0. The Morgan fingerprint density at radius 1 is 0.972 bits per heavy atom. The maximum atomic E-state index is 13.4. The summed E-state index contributed by atoms with van der Waals surface area (Å²) in [6, 6.07) is 20.5. The molecule has 2 N–H and O–H groups in total. The van der Waals surface area contributed by atoms with Gasteiger partial charge in [0.25, 0.3) is 0 Å². The highest BCUT2D eigenvalue weighted by Crippen LogP contribution is 2.44. The maximum Gasteiger partial charge on any atom is 0.418 e. The number of thiazole rings is 1. The minimum absolute atomic E-state index is 0.0527. The summed E-state index contributed by atoms with van der Waals surface area (Å²) in [5.74, 6) is 0.231. The predicted molar refractivity (Wildman–Crippen MR) is 131 cm³/mol. The second-order valence-electron chi connectivity index (χ2n) is 7.92. The number of aromatic nitrogens is 1. The number of anilines is 1. The van der Waals surface area contributed by atoms with Gasteiger partial charge in [-0.1, -0.05) is 72.0 Å². The van der Waals surface area contributed by atoms with Crippen LogP contribution in [0.4, 0.5) is 29.7 Å². The number of azo groups is 1. The number of benzene rings is 3. The topological polar surface area (TPSA) is 93.4 Å². The molecular formula is C25H18F3N5O2S. The molecule has 1 atom stereocenters. The number of para-hydroxylation sites is 1. The second kappa shape index (κ2) is 9.42. The first-order chi connectivity index (χ1) is 17.3. The lowest BCUT2D eigenvalue weighted by molar-refractivity contribution is -0.137. The molecule has 4 aromatic rings. The molecule has 1 aliphatic rings. The van der Waals surface area contributed by atoms with E-state index < -0.39 is 22.7 Å². The van der Waals surface area contributed by atoms with Gasteiger partial charge in [0.05, 0.1) is 23.0 Å². The van der Waals surface area contributed by atoms with Crippen molar-refractivity contribution in [2.45, 2.75) is 18.6 Å². The average Bonchev–Trinajstić information content (AvgIpc) is 3.46. The first-order valence-corrected chi connectivity index (χ1v) is 11.6. The Labute approximate surface area is 206 Å². The van der Waals surface area contributed by atoms with Gasteiger partial charge in [-0.25, -0.2) is 5.01 Å². The number of hydrogen-bond donors (Lipinski definition) is 2. The monoisotopic (exact) mass is 509 g/mol. The van der Waals surface area contributed by atoms with Crippen molar-refractivity contribution in [2.24, 2.45) is 15.3 Å². The van der Waals surface area contributed by atoms with Crippen molar-refractivity contribution >= 4 is 33.6 Å². The summed E-state index contributed by atoms with van der Waals surface area (Å²) in [5, 5.41) is 24.6. The maximum absolute atomic E-state index is 13.4. The third-order valence-electron chi connectivity index (χ3n) is 5.61. The molecule has 11 heteroatoms. The number of phenolic OH excluding ortho intramolecular Hbond substituents is 1. The molecule has 0 bridgehead atoms. The van der Waals surface area contributed by atoms with Gasteiger partial charge in [0.15, 0.2) is 10.8 Å². The Morgan fingerprint density at radius 2 is 1.67 bits per heavy atom. The number of alkyl halides is 3. The number of hydrogen-bond acceptors (Lipinski definition) is 7. The zero-order valence-corrected chi connectivity index (χ0v) is 19.3. The fourth-order valence-electron chi connectivity index (χ4n) is 3.97. The first-order valence-electron chi connectivity index (χ1n) is 10.8. The predicted octanol–water partition coefficient (Wildman–Crippen LogP) is 6.93. The van der Waals surface area contributed by atoms with E-state index in [1.807, 2.05) is 30.3 Å². The molecule has 0 amide bonds. The van der Waals surface area contributed by atoms with Crippen molar-refractivity contribution in [1.29, 1.82) is 0 Å². The SMILES string of the molecule is O=c1[nH]c(N2N=C(c3ccccc3)C[C@@H]2c2ccccc2O)c(N=Nc2ccccc2C(F)(F)F)s1. The molecule has 36 heavy (non-hydrogen) atoms. The van der Waals surface area contributed by atoms with Gasteiger partial charge in [0.2, 0.25) is 0 Å². The smallest absolute Gasteiger partial charge is 0.418 e. The van der Waals surface area contributed by atoms with Crippen LogP contribution < -0.4 is 9.88 Å². The Bertz CT molecular complexity index is 1510. The molecule has 0 unspecified atom stereocenters. The normalized spacial score (nSPS) is 16.0. The number of nitrogens with one attached hydrogen (secondary N) is 1. The lowest BCUT2D eigenvalue weighted by Crippen LogP contribution is -2.19. The molecule has 1 aromatic heterocycles. The van der Waals surface area contributed by atoms with Crippen molar-refractivity contribution in [1.82, 2.24) is 4.98 Å².